The van der Waals surface area contributed by atoms with Crippen molar-refractivity contribution in [3.8, 4) is 0 Å². The van der Waals surface area contributed by atoms with Crippen LogP contribution in [0.15, 0.2) is 24.3 Å². The summed E-state index contributed by atoms with van der Waals surface area (Å²) in [7, 11) is 0. The number of para-hydroxylation sites is 1. The molecule has 2 unspecified atom stereocenters. The van der Waals surface area contributed by atoms with Gasteiger partial charge in [0.15, 0.2) is 10.2 Å². The highest BCUT2D eigenvalue weighted by atomic mass is 32.2. The van der Waals surface area contributed by atoms with Crippen molar-refractivity contribution < 1.29 is 4.79 Å². The third-order valence-corrected chi connectivity index (χ3v) is 7.29. The van der Waals surface area contributed by atoms with Gasteiger partial charge >= 0.3 is 0 Å². The summed E-state index contributed by atoms with van der Waals surface area (Å²) >= 11 is 0.970. The number of piperazine rings is 1. The molecule has 0 aliphatic carbocycles. The summed E-state index contributed by atoms with van der Waals surface area (Å²) in [6.45, 7) is 11.8. The number of thioether (sulfide) groups is 1. The molecule has 1 aromatic carbocycles. The zero-order valence-electron chi connectivity index (χ0n) is 19.6. The van der Waals surface area contributed by atoms with Crippen LogP contribution in [0.25, 0.3) is 0 Å². The van der Waals surface area contributed by atoms with E-state index in [0.717, 1.165) is 70.3 Å². The van der Waals surface area contributed by atoms with Crippen LogP contribution >= 0.6 is 11.8 Å². The number of hydrogen-bond acceptors (Lipinski definition) is 6. The lowest BCUT2D eigenvalue weighted by Gasteiger charge is -2.35. The van der Waals surface area contributed by atoms with Crippen molar-refractivity contribution >= 4 is 33.6 Å². The fourth-order valence-electron chi connectivity index (χ4n) is 4.42. The van der Waals surface area contributed by atoms with Gasteiger partial charge in [0.05, 0.1) is 0 Å². The van der Waals surface area contributed by atoms with Crippen LogP contribution in [0.3, 0.4) is 0 Å². The molecule has 32 heavy (non-hydrogen) atoms. The van der Waals surface area contributed by atoms with Gasteiger partial charge < -0.3 is 20.4 Å². The van der Waals surface area contributed by atoms with Crippen LogP contribution in [-0.4, -0.2) is 71.2 Å². The Morgan fingerprint density at radius 3 is 2.59 bits per heavy atom. The third kappa shape index (κ3) is 6.72. The molecule has 3 rings (SSSR count). The maximum atomic E-state index is 12.8. The number of benzene rings is 1. The minimum Gasteiger partial charge on any atom is -0.384 e. The number of amides is 1. The van der Waals surface area contributed by atoms with E-state index in [1.165, 1.54) is 11.3 Å². The van der Waals surface area contributed by atoms with Crippen LogP contribution in [-0.2, 0) is 4.79 Å². The number of carbonyl (C=O) groups excluding carboxylic acids is 1. The Morgan fingerprint density at radius 2 is 1.91 bits per heavy atom. The molecule has 1 aromatic rings. The van der Waals surface area contributed by atoms with Crippen LogP contribution < -0.4 is 10.6 Å². The predicted molar refractivity (Wildman–Crippen MR) is 135 cm³/mol. The largest absolute Gasteiger partial charge is 0.384 e. The number of nitrogens with zero attached hydrogens (tertiary/aromatic N) is 2. The van der Waals surface area contributed by atoms with Crippen molar-refractivity contribution in [3.63, 3.8) is 0 Å². The standard InChI is InChI=1S/C24H38N6OS/c1-4-29-11-13-30(14-12-29)24(26)32-22(25)23(31)28-19(10-9-17(2)3)15-18-16-27-21-8-6-5-7-20(18)21/h5-8,17-19,25-27H,4,9-16H2,1-3H3,(H,28,31). The van der Waals surface area contributed by atoms with Gasteiger partial charge in [-0.25, -0.2) is 0 Å². The Balaban J connectivity index is 1.54. The molecular formula is C24H38N6OS. The van der Waals surface area contributed by atoms with E-state index in [1.807, 2.05) is 11.0 Å². The molecule has 0 bridgehead atoms. The summed E-state index contributed by atoms with van der Waals surface area (Å²) in [6.07, 6.45) is 2.79. The maximum absolute atomic E-state index is 12.8. The first-order valence-electron chi connectivity index (χ1n) is 11.8. The Bertz CT molecular complexity index is 805. The number of amidine groups is 1. The molecule has 7 nitrogen and oxygen atoms in total. The van der Waals surface area contributed by atoms with E-state index in [0.29, 0.717) is 17.0 Å². The average molecular weight is 459 g/mol. The normalized spacial score (nSPS) is 19.4. The number of hydrogen-bond donors (Lipinski definition) is 4. The summed E-state index contributed by atoms with van der Waals surface area (Å²) in [6, 6.07) is 8.40. The summed E-state index contributed by atoms with van der Waals surface area (Å²) < 4.78 is 0. The first kappa shape index (κ1) is 24.6. The number of likely N-dealkylation sites (N-methyl/N-ethyl adjacent to an activating group) is 1. The van der Waals surface area contributed by atoms with Gasteiger partial charge in [-0.1, -0.05) is 39.0 Å². The molecule has 0 spiro atoms. The molecule has 1 amide bonds. The number of anilines is 1. The van der Waals surface area contributed by atoms with Crippen LogP contribution in [0.2, 0.25) is 0 Å². The summed E-state index contributed by atoms with van der Waals surface area (Å²) in [5.41, 5.74) is 2.50. The Kier molecular flexibility index (Phi) is 8.99. The average Bonchev–Trinajstić information content (AvgIpc) is 3.20. The van der Waals surface area contributed by atoms with E-state index in [4.69, 9.17) is 10.8 Å². The lowest BCUT2D eigenvalue weighted by atomic mass is 9.90. The van der Waals surface area contributed by atoms with Gasteiger partial charge in [-0.15, -0.1) is 0 Å². The fraction of sp³-hybridized carbons (Fsp3) is 0.625. The minimum absolute atomic E-state index is 0.0195. The predicted octanol–water partition coefficient (Wildman–Crippen LogP) is 3.79. The molecule has 0 radical (unpaired) electrons. The number of carbonyl (C=O) groups is 1. The number of rotatable bonds is 7. The molecule has 1 saturated heterocycles. The Hall–Kier alpha value is -2.06. The van der Waals surface area contributed by atoms with Gasteiger partial charge in [-0.05, 0) is 55.1 Å². The SMILES string of the molecule is CCN1CCN(C(=N)SC(=N)C(=O)NC(CCC(C)C)CC2CNc3ccccc32)CC1. The van der Waals surface area contributed by atoms with Crippen molar-refractivity contribution in [1.29, 1.82) is 10.8 Å². The molecular weight excluding hydrogens is 420 g/mol. The number of fused-ring (bicyclic) bond motifs is 1. The van der Waals surface area contributed by atoms with E-state index in [-0.39, 0.29) is 17.0 Å². The summed E-state index contributed by atoms with van der Waals surface area (Å²) in [5.74, 6) is 0.561. The van der Waals surface area contributed by atoms with Gasteiger partial charge in [0.1, 0.15) is 0 Å². The second-order valence-electron chi connectivity index (χ2n) is 9.20. The highest BCUT2D eigenvalue weighted by Crippen LogP contribution is 2.34. The van der Waals surface area contributed by atoms with Gasteiger partial charge in [0.25, 0.3) is 5.91 Å². The minimum atomic E-state index is -0.361. The highest BCUT2D eigenvalue weighted by Gasteiger charge is 2.27. The van der Waals surface area contributed by atoms with Crippen LogP contribution in [0.5, 0.6) is 0 Å². The second kappa shape index (κ2) is 11.7. The quantitative estimate of drug-likeness (QED) is 0.368. The molecule has 2 atom stereocenters. The molecule has 8 heteroatoms. The maximum Gasteiger partial charge on any atom is 0.276 e. The van der Waals surface area contributed by atoms with E-state index >= 15 is 0 Å². The van der Waals surface area contributed by atoms with Crippen LogP contribution in [0.1, 0.15) is 51.5 Å². The highest BCUT2D eigenvalue weighted by molar-refractivity contribution is 8.27. The topological polar surface area (TPSA) is 95.3 Å². The van der Waals surface area contributed by atoms with Crippen molar-refractivity contribution in [1.82, 2.24) is 15.1 Å². The third-order valence-electron chi connectivity index (χ3n) is 6.45. The lowest BCUT2D eigenvalue weighted by molar-refractivity contribution is -0.115. The molecule has 1 fully saturated rings. The van der Waals surface area contributed by atoms with E-state index in [9.17, 15) is 4.79 Å². The van der Waals surface area contributed by atoms with Crippen molar-refractivity contribution in [2.24, 2.45) is 5.92 Å². The van der Waals surface area contributed by atoms with Crippen molar-refractivity contribution in [2.45, 2.75) is 52.0 Å². The first-order valence-corrected chi connectivity index (χ1v) is 12.6. The number of nitrogens with one attached hydrogen (secondary N) is 4. The molecule has 0 saturated carbocycles. The van der Waals surface area contributed by atoms with Crippen LogP contribution in [0.4, 0.5) is 5.69 Å². The van der Waals surface area contributed by atoms with E-state index < -0.39 is 0 Å². The molecule has 2 aliphatic heterocycles. The summed E-state index contributed by atoms with van der Waals surface area (Å²) in [5, 5.41) is 23.4. The Morgan fingerprint density at radius 1 is 1.19 bits per heavy atom. The fourth-order valence-corrected chi connectivity index (χ4v) is 5.08. The Labute approximate surface area is 196 Å². The van der Waals surface area contributed by atoms with E-state index in [1.54, 1.807) is 0 Å². The van der Waals surface area contributed by atoms with Gasteiger partial charge in [-0.3, -0.25) is 15.6 Å². The van der Waals surface area contributed by atoms with Gasteiger partial charge in [0.2, 0.25) is 0 Å². The second-order valence-corrected chi connectivity index (χ2v) is 10.2. The molecule has 2 heterocycles. The lowest BCUT2D eigenvalue weighted by Crippen LogP contribution is -2.48. The first-order chi connectivity index (χ1) is 15.4. The smallest absolute Gasteiger partial charge is 0.276 e. The molecule has 2 aliphatic rings. The monoisotopic (exact) mass is 458 g/mol. The zero-order chi connectivity index (χ0) is 23.1. The summed E-state index contributed by atoms with van der Waals surface area (Å²) in [4.78, 5) is 17.2. The molecule has 0 aromatic heterocycles. The van der Waals surface area contributed by atoms with Crippen LogP contribution in [0, 0.1) is 16.7 Å². The van der Waals surface area contributed by atoms with Gasteiger partial charge in [0, 0.05) is 50.4 Å². The van der Waals surface area contributed by atoms with E-state index in [2.05, 4.69) is 54.5 Å². The van der Waals surface area contributed by atoms with Crippen molar-refractivity contribution in [2.75, 3.05) is 44.6 Å². The molecule has 4 N–H and O–H groups in total. The van der Waals surface area contributed by atoms with Gasteiger partial charge in [-0.2, -0.15) is 0 Å². The molecule has 176 valence electrons. The van der Waals surface area contributed by atoms with Crippen molar-refractivity contribution in [3.05, 3.63) is 29.8 Å². The zero-order valence-corrected chi connectivity index (χ0v) is 20.4.